The number of nitriles is 2. The van der Waals surface area contributed by atoms with Crippen molar-refractivity contribution in [3.8, 4) is 23.6 Å². The molecule has 0 radical (unpaired) electrons. The van der Waals surface area contributed by atoms with E-state index in [0.29, 0.717) is 27.2 Å². The molecule has 0 unspecified atom stereocenters. The molecule has 1 N–H and O–H groups in total. The van der Waals surface area contributed by atoms with Gasteiger partial charge < -0.3 is 4.74 Å². The van der Waals surface area contributed by atoms with E-state index >= 15 is 0 Å². The lowest BCUT2D eigenvalue weighted by molar-refractivity contribution is 0.483. The molecule has 2 aromatic carbocycles. The summed E-state index contributed by atoms with van der Waals surface area (Å²) in [6.45, 7) is 0. The fraction of sp³-hybridized carbons (Fsp3) is 0. The zero-order valence-corrected chi connectivity index (χ0v) is 12.6. The number of halogens is 2. The highest BCUT2D eigenvalue weighted by Gasteiger charge is 2.04. The van der Waals surface area contributed by atoms with Gasteiger partial charge in [-0.1, -0.05) is 23.2 Å². The number of nitrogens with one attached hydrogen (secondary N) is 1. The summed E-state index contributed by atoms with van der Waals surface area (Å²) in [6, 6.07) is 15.0. The molecule has 0 aromatic heterocycles. The average Bonchev–Trinajstić information content (AvgIpc) is 2.52. The maximum atomic E-state index is 8.57. The van der Waals surface area contributed by atoms with Crippen molar-refractivity contribution in [3.63, 3.8) is 0 Å². The number of nitrogens with zero attached hydrogens (tertiary/aromatic N) is 3. The molecule has 0 saturated heterocycles. The van der Waals surface area contributed by atoms with Crippen molar-refractivity contribution < 1.29 is 4.74 Å². The van der Waals surface area contributed by atoms with Gasteiger partial charge in [-0.15, -0.1) is 0 Å². The summed E-state index contributed by atoms with van der Waals surface area (Å²) in [5.41, 5.74) is 2.95. The van der Waals surface area contributed by atoms with Gasteiger partial charge >= 0.3 is 0 Å². The van der Waals surface area contributed by atoms with Crippen molar-refractivity contribution in [2.45, 2.75) is 0 Å². The molecule has 5 nitrogen and oxygen atoms in total. The first kappa shape index (κ1) is 15.7. The van der Waals surface area contributed by atoms with Gasteiger partial charge in [0, 0.05) is 5.02 Å². The standard InChI is InChI=1S/C15H8Cl2N4O/c16-10-1-6-15(14(17)7-10)22-13-4-2-11(3-5-13)20-21-12(8-18)9-19/h1-7,20H. The smallest absolute Gasteiger partial charge is 0.237 e. The fourth-order valence-corrected chi connectivity index (χ4v) is 1.92. The third kappa shape index (κ3) is 4.13. The van der Waals surface area contributed by atoms with Crippen LogP contribution in [0.25, 0.3) is 0 Å². The second-order valence-corrected chi connectivity index (χ2v) is 4.84. The van der Waals surface area contributed by atoms with Crippen LogP contribution in [0.4, 0.5) is 5.69 Å². The number of anilines is 1. The number of rotatable bonds is 4. The Labute approximate surface area is 137 Å². The molecule has 2 aromatic rings. The SMILES string of the molecule is N#CC(C#N)=NNc1ccc(Oc2ccc(Cl)cc2Cl)cc1. The number of hydrazone groups is 1. The Morgan fingerprint density at radius 1 is 1.05 bits per heavy atom. The molecule has 0 aliphatic rings. The van der Waals surface area contributed by atoms with E-state index in [1.807, 2.05) is 0 Å². The van der Waals surface area contributed by atoms with Crippen molar-refractivity contribution in [1.29, 1.82) is 10.5 Å². The monoisotopic (exact) mass is 330 g/mol. The van der Waals surface area contributed by atoms with Gasteiger partial charge in [0.15, 0.2) is 0 Å². The topological polar surface area (TPSA) is 81.2 Å². The van der Waals surface area contributed by atoms with Crippen LogP contribution in [0.5, 0.6) is 11.5 Å². The molecule has 108 valence electrons. The molecule has 0 heterocycles. The van der Waals surface area contributed by atoms with Crippen LogP contribution in [0.1, 0.15) is 0 Å². The van der Waals surface area contributed by atoms with Crippen LogP contribution < -0.4 is 10.2 Å². The van der Waals surface area contributed by atoms with E-state index in [1.165, 1.54) is 0 Å². The fourth-order valence-electron chi connectivity index (χ4n) is 1.48. The molecule has 7 heteroatoms. The number of benzene rings is 2. The quantitative estimate of drug-likeness (QED) is 0.656. The average molecular weight is 331 g/mol. The van der Waals surface area contributed by atoms with Crippen LogP contribution in [-0.2, 0) is 0 Å². The van der Waals surface area contributed by atoms with Gasteiger partial charge in [-0.05, 0) is 42.5 Å². The molecule has 0 bridgehead atoms. The lowest BCUT2D eigenvalue weighted by atomic mass is 10.3. The third-order valence-corrected chi connectivity index (χ3v) is 3.02. The Morgan fingerprint density at radius 2 is 1.73 bits per heavy atom. The van der Waals surface area contributed by atoms with Gasteiger partial charge in [-0.2, -0.15) is 15.6 Å². The first-order valence-electron chi connectivity index (χ1n) is 5.99. The minimum absolute atomic E-state index is 0.256. The maximum Gasteiger partial charge on any atom is 0.237 e. The minimum Gasteiger partial charge on any atom is -0.456 e. The van der Waals surface area contributed by atoms with E-state index in [9.17, 15) is 0 Å². The minimum atomic E-state index is -0.256. The summed E-state index contributed by atoms with van der Waals surface area (Å²) in [5.74, 6) is 1.06. The summed E-state index contributed by atoms with van der Waals surface area (Å²) in [4.78, 5) is 0. The number of ether oxygens (including phenoxy) is 1. The van der Waals surface area contributed by atoms with Crippen molar-refractivity contribution >= 4 is 34.6 Å². The summed E-state index contributed by atoms with van der Waals surface area (Å²) in [7, 11) is 0. The van der Waals surface area contributed by atoms with E-state index in [2.05, 4.69) is 10.5 Å². The van der Waals surface area contributed by atoms with Crippen LogP contribution in [0.3, 0.4) is 0 Å². The Kier molecular flexibility index (Phi) is 5.21. The second kappa shape index (κ2) is 7.33. The van der Waals surface area contributed by atoms with E-state index in [-0.39, 0.29) is 5.71 Å². The van der Waals surface area contributed by atoms with E-state index in [1.54, 1.807) is 54.6 Å². The Hall–Kier alpha value is -2.73. The largest absolute Gasteiger partial charge is 0.456 e. The third-order valence-electron chi connectivity index (χ3n) is 2.48. The molecule has 22 heavy (non-hydrogen) atoms. The molecule has 0 aliphatic carbocycles. The normalized spacial score (nSPS) is 9.27. The van der Waals surface area contributed by atoms with Crippen LogP contribution in [0.15, 0.2) is 47.6 Å². The van der Waals surface area contributed by atoms with Crippen LogP contribution in [0.2, 0.25) is 10.0 Å². The first-order chi connectivity index (χ1) is 10.6. The molecule has 0 aliphatic heterocycles. The second-order valence-electron chi connectivity index (χ2n) is 4.00. The lowest BCUT2D eigenvalue weighted by Crippen LogP contribution is -1.96. The highest BCUT2D eigenvalue weighted by Crippen LogP contribution is 2.31. The Morgan fingerprint density at radius 3 is 2.32 bits per heavy atom. The lowest BCUT2D eigenvalue weighted by Gasteiger charge is -2.08. The van der Waals surface area contributed by atoms with Gasteiger partial charge in [0.2, 0.25) is 5.71 Å². The molecule has 2 rings (SSSR count). The van der Waals surface area contributed by atoms with Gasteiger partial charge in [0.05, 0.1) is 10.7 Å². The van der Waals surface area contributed by atoms with Gasteiger partial charge in [0.25, 0.3) is 0 Å². The molecular formula is C15H8Cl2N4O. The van der Waals surface area contributed by atoms with Crippen molar-refractivity contribution in [3.05, 3.63) is 52.5 Å². The van der Waals surface area contributed by atoms with Crippen LogP contribution >= 0.6 is 23.2 Å². The van der Waals surface area contributed by atoms with Crippen LogP contribution in [-0.4, -0.2) is 5.71 Å². The van der Waals surface area contributed by atoms with Crippen molar-refractivity contribution in [2.75, 3.05) is 5.43 Å². The van der Waals surface area contributed by atoms with E-state index in [0.717, 1.165) is 0 Å². The van der Waals surface area contributed by atoms with Crippen molar-refractivity contribution in [1.82, 2.24) is 0 Å². The molecule has 0 amide bonds. The van der Waals surface area contributed by atoms with Crippen molar-refractivity contribution in [2.24, 2.45) is 5.10 Å². The highest BCUT2D eigenvalue weighted by molar-refractivity contribution is 6.35. The molecule has 0 spiro atoms. The zero-order chi connectivity index (χ0) is 15.9. The van der Waals surface area contributed by atoms with E-state index in [4.69, 9.17) is 38.5 Å². The van der Waals surface area contributed by atoms with Gasteiger partial charge in [-0.25, -0.2) is 0 Å². The molecule has 0 fully saturated rings. The first-order valence-corrected chi connectivity index (χ1v) is 6.75. The zero-order valence-electron chi connectivity index (χ0n) is 11.0. The summed E-state index contributed by atoms with van der Waals surface area (Å²) in [5, 5.41) is 21.7. The van der Waals surface area contributed by atoms with Gasteiger partial charge in [0.1, 0.15) is 23.6 Å². The highest BCUT2D eigenvalue weighted by atomic mass is 35.5. The molecule has 0 saturated carbocycles. The Bertz CT molecular complexity index is 773. The predicted octanol–water partition coefficient (Wildman–Crippen LogP) is 4.60. The summed E-state index contributed by atoms with van der Waals surface area (Å²) >= 11 is 11.8. The molecular weight excluding hydrogens is 323 g/mol. The van der Waals surface area contributed by atoms with E-state index < -0.39 is 0 Å². The Balaban J connectivity index is 2.08. The van der Waals surface area contributed by atoms with Gasteiger partial charge in [-0.3, -0.25) is 5.43 Å². The predicted molar refractivity (Wildman–Crippen MR) is 85.3 cm³/mol. The maximum absolute atomic E-state index is 8.57. The number of hydrogen-bond donors (Lipinski definition) is 1. The summed E-state index contributed by atoms with van der Waals surface area (Å²) in [6.07, 6.45) is 0. The summed E-state index contributed by atoms with van der Waals surface area (Å²) < 4.78 is 5.63. The molecule has 0 atom stereocenters. The number of hydrogen-bond acceptors (Lipinski definition) is 5. The van der Waals surface area contributed by atoms with Crippen LogP contribution in [0, 0.1) is 22.7 Å².